The Morgan fingerprint density at radius 3 is 2.85 bits per heavy atom. The fourth-order valence-corrected chi connectivity index (χ4v) is 3.84. The van der Waals surface area contributed by atoms with Crippen molar-refractivity contribution in [3.05, 3.63) is 0 Å². The number of fused-ring (bicyclic) bond motifs is 2. The van der Waals surface area contributed by atoms with Gasteiger partial charge in [-0.05, 0) is 13.8 Å². The Hall–Kier alpha value is 0.230. The molecule has 2 bridgehead atoms. The fourth-order valence-electron chi connectivity index (χ4n) is 2.21. The summed E-state index contributed by atoms with van der Waals surface area (Å²) >= 11 is 1.77. The van der Waals surface area contributed by atoms with Crippen molar-refractivity contribution < 1.29 is 5.11 Å². The zero-order valence-corrected chi connectivity index (χ0v) is 9.05. The number of likely N-dealkylation sites (tertiary alicyclic amines) is 1. The van der Waals surface area contributed by atoms with Crippen LogP contribution >= 0.6 is 11.8 Å². The second kappa shape index (κ2) is 3.12. The molecule has 0 spiro atoms. The maximum absolute atomic E-state index is 9.74. The smallest absolute Gasteiger partial charge is 0.0778 e. The Kier molecular flexibility index (Phi) is 2.35. The Labute approximate surface area is 83.7 Å². The van der Waals surface area contributed by atoms with Crippen LogP contribution in [-0.2, 0) is 0 Å². The molecule has 0 aromatic carbocycles. The van der Waals surface area contributed by atoms with Crippen molar-refractivity contribution in [2.24, 2.45) is 5.73 Å². The van der Waals surface area contributed by atoms with Gasteiger partial charge in [-0.25, -0.2) is 0 Å². The van der Waals surface area contributed by atoms with Gasteiger partial charge >= 0.3 is 0 Å². The third-order valence-corrected chi connectivity index (χ3v) is 4.52. The summed E-state index contributed by atoms with van der Waals surface area (Å²) in [6.45, 7) is 6.28. The summed E-state index contributed by atoms with van der Waals surface area (Å²) < 4.78 is 0. The standard InChI is InChI=1S/C9H18N2OS/c1-6(2)11-4-8-7(12)3-9(10,5-11)13-8/h6-8,12H,3-5,10H2,1-2H3/t7-,8-,9-/m0/s1. The molecular formula is C9H18N2OS. The van der Waals surface area contributed by atoms with Gasteiger partial charge in [-0.1, -0.05) is 0 Å². The highest BCUT2D eigenvalue weighted by atomic mass is 32.2. The van der Waals surface area contributed by atoms with Crippen LogP contribution < -0.4 is 5.73 Å². The molecule has 0 unspecified atom stereocenters. The molecule has 2 saturated heterocycles. The van der Waals surface area contributed by atoms with E-state index in [2.05, 4.69) is 18.7 Å². The molecule has 76 valence electrons. The summed E-state index contributed by atoms with van der Waals surface area (Å²) in [5, 5.41) is 10.1. The summed E-state index contributed by atoms with van der Waals surface area (Å²) in [5.74, 6) is 0. The largest absolute Gasteiger partial charge is 0.392 e. The van der Waals surface area contributed by atoms with Crippen molar-refractivity contribution in [3.8, 4) is 0 Å². The van der Waals surface area contributed by atoms with Crippen LogP contribution in [0.3, 0.4) is 0 Å². The van der Waals surface area contributed by atoms with E-state index in [1.165, 1.54) is 0 Å². The summed E-state index contributed by atoms with van der Waals surface area (Å²) in [5.41, 5.74) is 6.18. The molecule has 0 aromatic heterocycles. The average molecular weight is 202 g/mol. The van der Waals surface area contributed by atoms with E-state index >= 15 is 0 Å². The van der Waals surface area contributed by atoms with Crippen molar-refractivity contribution in [3.63, 3.8) is 0 Å². The molecule has 0 radical (unpaired) electrons. The highest BCUT2D eigenvalue weighted by Gasteiger charge is 2.48. The third kappa shape index (κ3) is 1.73. The van der Waals surface area contributed by atoms with Crippen LogP contribution in [0.15, 0.2) is 0 Å². The highest BCUT2D eigenvalue weighted by Crippen LogP contribution is 2.44. The van der Waals surface area contributed by atoms with Crippen LogP contribution in [0, 0.1) is 0 Å². The van der Waals surface area contributed by atoms with Crippen molar-refractivity contribution in [1.29, 1.82) is 0 Å². The normalized spacial score (nSPS) is 45.9. The first-order valence-electron chi connectivity index (χ1n) is 4.89. The molecule has 0 saturated carbocycles. The van der Waals surface area contributed by atoms with Gasteiger partial charge in [0.05, 0.1) is 11.0 Å². The molecule has 0 amide bonds. The van der Waals surface area contributed by atoms with Gasteiger partial charge in [-0.3, -0.25) is 4.90 Å². The molecule has 2 fully saturated rings. The number of aliphatic hydroxyl groups is 1. The van der Waals surface area contributed by atoms with Crippen LogP contribution in [0.5, 0.6) is 0 Å². The number of aliphatic hydroxyl groups excluding tert-OH is 1. The van der Waals surface area contributed by atoms with E-state index in [4.69, 9.17) is 5.73 Å². The lowest BCUT2D eigenvalue weighted by atomic mass is 10.1. The SMILES string of the molecule is CC(C)N1C[C@@H]2S[C@@](N)(C[C@@H]2O)C1. The van der Waals surface area contributed by atoms with E-state index in [1.807, 2.05) is 0 Å². The minimum Gasteiger partial charge on any atom is -0.392 e. The summed E-state index contributed by atoms with van der Waals surface area (Å²) in [6.07, 6.45) is 0.560. The molecule has 4 heteroatoms. The van der Waals surface area contributed by atoms with Gasteiger partial charge in [-0.15, -0.1) is 11.8 Å². The molecular weight excluding hydrogens is 184 g/mol. The Balaban J connectivity index is 2.11. The van der Waals surface area contributed by atoms with Gasteiger partial charge in [0.2, 0.25) is 0 Å². The lowest BCUT2D eigenvalue weighted by Crippen LogP contribution is -2.52. The predicted molar refractivity (Wildman–Crippen MR) is 55.6 cm³/mol. The summed E-state index contributed by atoms with van der Waals surface area (Å²) in [7, 11) is 0. The Morgan fingerprint density at radius 2 is 2.31 bits per heavy atom. The second-order valence-corrected chi connectivity index (χ2v) is 6.17. The van der Waals surface area contributed by atoms with Gasteiger partial charge in [0.25, 0.3) is 0 Å². The molecule has 2 aliphatic heterocycles. The molecule has 3 nitrogen and oxygen atoms in total. The maximum Gasteiger partial charge on any atom is 0.0778 e. The Bertz CT molecular complexity index is 208. The number of nitrogens with two attached hydrogens (primary N) is 1. The van der Waals surface area contributed by atoms with Crippen LogP contribution in [0.4, 0.5) is 0 Å². The second-order valence-electron chi connectivity index (χ2n) is 4.52. The third-order valence-electron chi connectivity index (χ3n) is 2.99. The maximum atomic E-state index is 9.74. The van der Waals surface area contributed by atoms with Gasteiger partial charge in [0.15, 0.2) is 0 Å². The van der Waals surface area contributed by atoms with Gasteiger partial charge < -0.3 is 10.8 Å². The van der Waals surface area contributed by atoms with E-state index in [-0.39, 0.29) is 11.0 Å². The highest BCUT2D eigenvalue weighted by molar-refractivity contribution is 8.01. The number of hydrogen-bond acceptors (Lipinski definition) is 4. The Morgan fingerprint density at radius 1 is 1.62 bits per heavy atom. The molecule has 3 atom stereocenters. The minimum atomic E-state index is -0.196. The van der Waals surface area contributed by atoms with Gasteiger partial charge in [0, 0.05) is 30.8 Å². The van der Waals surface area contributed by atoms with Crippen molar-refractivity contribution >= 4 is 11.8 Å². The van der Waals surface area contributed by atoms with E-state index in [0.29, 0.717) is 11.3 Å². The summed E-state index contributed by atoms with van der Waals surface area (Å²) in [4.78, 5) is 2.18. The number of rotatable bonds is 1. The molecule has 2 aliphatic rings. The van der Waals surface area contributed by atoms with E-state index < -0.39 is 0 Å². The quantitative estimate of drug-likeness (QED) is 0.639. The van der Waals surface area contributed by atoms with Crippen LogP contribution in [0.2, 0.25) is 0 Å². The van der Waals surface area contributed by atoms with Crippen molar-refractivity contribution in [2.75, 3.05) is 13.1 Å². The number of hydrogen-bond donors (Lipinski definition) is 2. The first-order valence-corrected chi connectivity index (χ1v) is 5.77. The molecule has 2 rings (SSSR count). The minimum absolute atomic E-state index is 0.188. The first-order chi connectivity index (χ1) is 6.00. The van der Waals surface area contributed by atoms with Crippen molar-refractivity contribution in [1.82, 2.24) is 4.90 Å². The van der Waals surface area contributed by atoms with E-state index in [9.17, 15) is 5.11 Å². The summed E-state index contributed by atoms with van der Waals surface area (Å²) in [6, 6.07) is 0.539. The topological polar surface area (TPSA) is 49.5 Å². The van der Waals surface area contributed by atoms with Crippen LogP contribution in [0.1, 0.15) is 20.3 Å². The lowest BCUT2D eigenvalue weighted by Gasteiger charge is -2.39. The van der Waals surface area contributed by atoms with Crippen molar-refractivity contribution in [2.45, 2.75) is 42.5 Å². The molecule has 13 heavy (non-hydrogen) atoms. The van der Waals surface area contributed by atoms with Crippen LogP contribution in [-0.4, -0.2) is 45.4 Å². The number of thioether (sulfide) groups is 1. The number of nitrogens with zero attached hydrogens (tertiary/aromatic N) is 1. The zero-order chi connectivity index (χ0) is 9.64. The van der Waals surface area contributed by atoms with E-state index in [1.54, 1.807) is 11.8 Å². The monoisotopic (exact) mass is 202 g/mol. The van der Waals surface area contributed by atoms with E-state index in [0.717, 1.165) is 19.5 Å². The first kappa shape index (κ1) is 9.77. The average Bonchev–Trinajstić information content (AvgIpc) is 2.20. The molecule has 0 aliphatic carbocycles. The predicted octanol–water partition coefficient (Wildman–Crippen LogP) is 0.232. The molecule has 3 N–H and O–H groups in total. The lowest BCUT2D eigenvalue weighted by molar-refractivity contribution is 0.162. The molecule has 2 heterocycles. The van der Waals surface area contributed by atoms with Gasteiger partial charge in [-0.2, -0.15) is 0 Å². The van der Waals surface area contributed by atoms with Crippen LogP contribution in [0.25, 0.3) is 0 Å². The zero-order valence-electron chi connectivity index (χ0n) is 8.23. The van der Waals surface area contributed by atoms with Gasteiger partial charge in [0.1, 0.15) is 0 Å². The molecule has 0 aromatic rings. The fraction of sp³-hybridized carbons (Fsp3) is 1.00.